The molecule has 0 aliphatic heterocycles. The third-order valence-electron chi connectivity index (χ3n) is 2.67. The molecule has 2 aromatic rings. The molecule has 0 fully saturated rings. The number of hydrogen-bond donors (Lipinski definition) is 1. The maximum Gasteiger partial charge on any atom is 0.204 e. The number of halogens is 2. The normalized spacial score (nSPS) is 10.7. The van der Waals surface area contributed by atoms with E-state index in [2.05, 4.69) is 31.9 Å². The van der Waals surface area contributed by atoms with Gasteiger partial charge in [-0.1, -0.05) is 15.9 Å². The molecule has 1 aromatic heterocycles. The highest BCUT2D eigenvalue weighted by molar-refractivity contribution is 9.10. The molecule has 0 atom stereocenters. The number of rotatable bonds is 2. The predicted molar refractivity (Wildman–Crippen MR) is 83.5 cm³/mol. The van der Waals surface area contributed by atoms with Crippen molar-refractivity contribution in [2.24, 2.45) is 0 Å². The lowest BCUT2D eigenvalue weighted by atomic mass is 10.0. The predicted octanol–water partition coefficient (Wildman–Crippen LogP) is 4.70. The van der Waals surface area contributed by atoms with Crippen LogP contribution >= 0.6 is 43.2 Å². The molecular formula is C13H11Br2NOS. The zero-order chi connectivity index (χ0) is 13.4. The summed E-state index contributed by atoms with van der Waals surface area (Å²) in [5, 5.41) is 0. The second-order valence-corrected chi connectivity index (χ2v) is 7.06. The van der Waals surface area contributed by atoms with Crippen molar-refractivity contribution >= 4 is 54.7 Å². The Labute approximate surface area is 126 Å². The van der Waals surface area contributed by atoms with Crippen molar-refractivity contribution in [2.75, 3.05) is 5.73 Å². The Hall–Kier alpha value is -0.650. The van der Waals surface area contributed by atoms with Gasteiger partial charge in [-0.2, -0.15) is 0 Å². The lowest BCUT2D eigenvalue weighted by molar-refractivity contribution is 0.104. The Morgan fingerprint density at radius 2 is 1.89 bits per heavy atom. The molecule has 2 rings (SSSR count). The van der Waals surface area contributed by atoms with Crippen LogP contribution < -0.4 is 5.73 Å². The molecule has 1 heterocycles. The van der Waals surface area contributed by atoms with Gasteiger partial charge in [0.15, 0.2) is 0 Å². The van der Waals surface area contributed by atoms with E-state index in [0.29, 0.717) is 16.1 Å². The number of hydrogen-bond acceptors (Lipinski definition) is 3. The van der Waals surface area contributed by atoms with Gasteiger partial charge in [0.05, 0.1) is 4.88 Å². The van der Waals surface area contributed by atoms with Crippen molar-refractivity contribution in [1.29, 1.82) is 0 Å². The lowest BCUT2D eigenvalue weighted by Crippen LogP contribution is -2.05. The van der Waals surface area contributed by atoms with Crippen LogP contribution in [0.1, 0.15) is 25.7 Å². The molecule has 94 valence electrons. The van der Waals surface area contributed by atoms with E-state index in [4.69, 9.17) is 5.73 Å². The smallest absolute Gasteiger partial charge is 0.204 e. The Morgan fingerprint density at radius 3 is 2.44 bits per heavy atom. The zero-order valence-corrected chi connectivity index (χ0v) is 13.9. The fourth-order valence-electron chi connectivity index (χ4n) is 1.70. The summed E-state index contributed by atoms with van der Waals surface area (Å²) in [4.78, 5) is 14.3. The Kier molecular flexibility index (Phi) is 3.94. The molecule has 0 radical (unpaired) electrons. The SMILES string of the molecule is Cc1cc(Br)c(C(=O)c2cc(Br)cc(N)c2C)s1. The molecule has 2 N–H and O–H groups in total. The van der Waals surface area contributed by atoms with Crippen molar-refractivity contribution in [3.05, 3.63) is 48.0 Å². The van der Waals surface area contributed by atoms with Crippen LogP contribution in [0.4, 0.5) is 5.69 Å². The number of aryl methyl sites for hydroxylation is 1. The van der Waals surface area contributed by atoms with Crippen molar-refractivity contribution in [3.8, 4) is 0 Å². The Morgan fingerprint density at radius 1 is 1.22 bits per heavy atom. The summed E-state index contributed by atoms with van der Waals surface area (Å²) in [6, 6.07) is 5.57. The quantitative estimate of drug-likeness (QED) is 0.598. The molecule has 1 aromatic carbocycles. The van der Waals surface area contributed by atoms with Gasteiger partial charge >= 0.3 is 0 Å². The monoisotopic (exact) mass is 387 g/mol. The maximum atomic E-state index is 12.5. The van der Waals surface area contributed by atoms with Crippen molar-refractivity contribution < 1.29 is 4.79 Å². The van der Waals surface area contributed by atoms with Gasteiger partial charge < -0.3 is 5.73 Å². The minimum atomic E-state index is 0.00507. The van der Waals surface area contributed by atoms with Crippen LogP contribution in [0.2, 0.25) is 0 Å². The number of carbonyl (C=O) groups excluding carboxylic acids is 1. The number of ketones is 1. The molecule has 0 amide bonds. The summed E-state index contributed by atoms with van der Waals surface area (Å²) in [6.45, 7) is 3.84. The first-order valence-corrected chi connectivity index (χ1v) is 7.66. The Balaban J connectivity index is 2.56. The van der Waals surface area contributed by atoms with Crippen LogP contribution in [0.25, 0.3) is 0 Å². The summed E-state index contributed by atoms with van der Waals surface area (Å²) >= 11 is 8.28. The van der Waals surface area contributed by atoms with Gasteiger partial charge in [-0.3, -0.25) is 4.79 Å². The van der Waals surface area contributed by atoms with Crippen LogP contribution in [0.15, 0.2) is 27.1 Å². The molecule has 0 aliphatic carbocycles. The molecule has 18 heavy (non-hydrogen) atoms. The topological polar surface area (TPSA) is 43.1 Å². The van der Waals surface area contributed by atoms with E-state index in [9.17, 15) is 4.79 Å². The highest BCUT2D eigenvalue weighted by Crippen LogP contribution is 2.32. The molecule has 5 heteroatoms. The van der Waals surface area contributed by atoms with Crippen LogP contribution in [0, 0.1) is 13.8 Å². The molecule has 0 aliphatic rings. The van der Waals surface area contributed by atoms with Crippen LogP contribution in [0.5, 0.6) is 0 Å². The average molecular weight is 389 g/mol. The third-order valence-corrected chi connectivity index (χ3v) is 5.07. The standard InChI is InChI=1S/C13H11Br2NOS/c1-6-3-10(15)13(18-6)12(17)9-4-8(14)5-11(16)7(9)2/h3-5H,16H2,1-2H3. The first-order chi connectivity index (χ1) is 8.40. The third kappa shape index (κ3) is 2.53. The number of benzene rings is 1. The molecule has 0 saturated heterocycles. The van der Waals surface area contributed by atoms with Crippen molar-refractivity contribution in [1.82, 2.24) is 0 Å². The molecule has 0 spiro atoms. The van der Waals surface area contributed by atoms with E-state index in [1.807, 2.05) is 26.0 Å². The fourth-order valence-corrected chi connectivity index (χ4v) is 3.95. The number of nitrogens with two attached hydrogens (primary N) is 1. The van der Waals surface area contributed by atoms with E-state index < -0.39 is 0 Å². The van der Waals surface area contributed by atoms with Crippen LogP contribution in [0.3, 0.4) is 0 Å². The van der Waals surface area contributed by atoms with Crippen LogP contribution in [-0.4, -0.2) is 5.78 Å². The molecular weight excluding hydrogens is 378 g/mol. The van der Waals surface area contributed by atoms with Gasteiger partial charge in [0.25, 0.3) is 0 Å². The minimum Gasteiger partial charge on any atom is -0.398 e. The van der Waals surface area contributed by atoms with E-state index in [0.717, 1.165) is 19.4 Å². The largest absolute Gasteiger partial charge is 0.398 e. The van der Waals surface area contributed by atoms with Crippen LogP contribution in [-0.2, 0) is 0 Å². The zero-order valence-electron chi connectivity index (χ0n) is 9.88. The Bertz CT molecular complexity index is 634. The van der Waals surface area contributed by atoms with Gasteiger partial charge in [0.1, 0.15) is 0 Å². The summed E-state index contributed by atoms with van der Waals surface area (Å²) in [6.07, 6.45) is 0. The van der Waals surface area contributed by atoms with Gasteiger partial charge in [0, 0.05) is 25.1 Å². The molecule has 0 unspecified atom stereocenters. The first kappa shape index (κ1) is 13.8. The highest BCUT2D eigenvalue weighted by atomic mass is 79.9. The van der Waals surface area contributed by atoms with Crippen molar-refractivity contribution in [3.63, 3.8) is 0 Å². The van der Waals surface area contributed by atoms with Crippen molar-refractivity contribution in [2.45, 2.75) is 13.8 Å². The molecule has 2 nitrogen and oxygen atoms in total. The molecule has 0 saturated carbocycles. The van der Waals surface area contributed by atoms with E-state index in [-0.39, 0.29) is 5.78 Å². The second kappa shape index (κ2) is 5.15. The lowest BCUT2D eigenvalue weighted by Gasteiger charge is -2.08. The highest BCUT2D eigenvalue weighted by Gasteiger charge is 2.18. The van der Waals surface area contributed by atoms with Gasteiger partial charge in [-0.25, -0.2) is 0 Å². The number of nitrogen functional groups attached to an aromatic ring is 1. The average Bonchev–Trinajstić information content (AvgIpc) is 2.62. The molecule has 0 bridgehead atoms. The summed E-state index contributed by atoms with van der Waals surface area (Å²) in [5.41, 5.74) is 7.98. The maximum absolute atomic E-state index is 12.5. The van der Waals surface area contributed by atoms with Gasteiger partial charge in [-0.15, -0.1) is 11.3 Å². The van der Waals surface area contributed by atoms with Gasteiger partial charge in [0.2, 0.25) is 5.78 Å². The first-order valence-electron chi connectivity index (χ1n) is 5.26. The fraction of sp³-hybridized carbons (Fsp3) is 0.154. The number of carbonyl (C=O) groups is 1. The van der Waals surface area contributed by atoms with E-state index >= 15 is 0 Å². The van der Waals surface area contributed by atoms with E-state index in [1.165, 1.54) is 11.3 Å². The number of thiophene rings is 1. The second-order valence-electron chi connectivity index (χ2n) is 4.03. The summed E-state index contributed by atoms with van der Waals surface area (Å²) in [5.74, 6) is 0.00507. The van der Waals surface area contributed by atoms with Gasteiger partial charge in [-0.05, 0) is 53.5 Å². The summed E-state index contributed by atoms with van der Waals surface area (Å²) < 4.78 is 1.66. The summed E-state index contributed by atoms with van der Waals surface area (Å²) in [7, 11) is 0. The minimum absolute atomic E-state index is 0.00507. The van der Waals surface area contributed by atoms with E-state index in [1.54, 1.807) is 6.07 Å². The number of anilines is 1.